The summed E-state index contributed by atoms with van der Waals surface area (Å²) in [5.41, 5.74) is 2.03. The second-order valence-electron chi connectivity index (χ2n) is 13.5. The fourth-order valence-electron chi connectivity index (χ4n) is 9.50. The predicted molar refractivity (Wildman–Crippen MR) is 163 cm³/mol. The second-order valence-corrected chi connectivity index (χ2v) is 13.9. The zero-order chi connectivity index (χ0) is 31.0. The van der Waals surface area contributed by atoms with E-state index in [0.29, 0.717) is 31.2 Å². The summed E-state index contributed by atoms with van der Waals surface area (Å²) in [4.78, 5) is 26.3. The van der Waals surface area contributed by atoms with E-state index in [1.54, 1.807) is 25.3 Å². The molecule has 8 nitrogen and oxygen atoms in total. The number of aliphatic hydroxyl groups is 1. The number of thiol groups is 1. The van der Waals surface area contributed by atoms with E-state index in [4.69, 9.17) is 19.0 Å². The highest BCUT2D eigenvalue weighted by Crippen LogP contribution is 2.68. The zero-order valence-corrected chi connectivity index (χ0v) is 26.0. The van der Waals surface area contributed by atoms with Crippen molar-refractivity contribution in [3.8, 4) is 5.69 Å². The second kappa shape index (κ2) is 10.4. The molecule has 0 radical (unpaired) electrons. The molecule has 10 heteroatoms. The van der Waals surface area contributed by atoms with Crippen LogP contribution in [-0.4, -0.2) is 44.8 Å². The van der Waals surface area contributed by atoms with E-state index in [2.05, 4.69) is 25.6 Å². The van der Waals surface area contributed by atoms with Crippen LogP contribution in [0.1, 0.15) is 73.3 Å². The lowest BCUT2D eigenvalue weighted by molar-refractivity contribution is -0.174. The average molecular weight is 621 g/mol. The number of halogens is 1. The molecule has 0 saturated heterocycles. The van der Waals surface area contributed by atoms with Gasteiger partial charge >= 0.3 is 5.97 Å². The van der Waals surface area contributed by atoms with Crippen LogP contribution in [0.15, 0.2) is 52.8 Å². The van der Waals surface area contributed by atoms with Crippen molar-refractivity contribution < 1.29 is 33.0 Å². The molecule has 2 aromatic heterocycles. The molecule has 0 bridgehead atoms. The number of rotatable bonds is 6. The van der Waals surface area contributed by atoms with Crippen molar-refractivity contribution in [3.63, 3.8) is 0 Å². The van der Waals surface area contributed by atoms with Crippen molar-refractivity contribution in [1.82, 2.24) is 9.78 Å². The molecule has 44 heavy (non-hydrogen) atoms. The van der Waals surface area contributed by atoms with E-state index < -0.39 is 28.2 Å². The molecule has 1 aromatic carbocycles. The Bertz CT molecular complexity index is 1670. The maximum atomic E-state index is 14.3. The number of carbonyl (C=O) groups is 2. The van der Waals surface area contributed by atoms with Crippen molar-refractivity contribution in [1.29, 1.82) is 0 Å². The number of methoxy groups -OCH3 is 1. The van der Waals surface area contributed by atoms with Gasteiger partial charge in [0.1, 0.15) is 5.82 Å². The Morgan fingerprint density at radius 3 is 2.80 bits per heavy atom. The van der Waals surface area contributed by atoms with Gasteiger partial charge in [0.05, 0.1) is 36.6 Å². The first-order valence-corrected chi connectivity index (χ1v) is 15.7. The van der Waals surface area contributed by atoms with Crippen molar-refractivity contribution in [3.05, 3.63) is 76.8 Å². The fraction of sp³-hybridized carbons (Fsp3) is 0.500. The molecule has 3 aromatic rings. The summed E-state index contributed by atoms with van der Waals surface area (Å²) in [6, 6.07) is 8.07. The first-order valence-electron chi connectivity index (χ1n) is 15.3. The number of esters is 1. The Kier molecular flexibility index (Phi) is 6.99. The Labute approximate surface area is 261 Å². The molecule has 1 N–H and O–H groups in total. The van der Waals surface area contributed by atoms with Gasteiger partial charge in [-0.1, -0.05) is 19.4 Å². The van der Waals surface area contributed by atoms with Crippen molar-refractivity contribution >= 4 is 29.8 Å². The summed E-state index contributed by atoms with van der Waals surface area (Å²) in [5, 5.41) is 16.2. The first-order chi connectivity index (χ1) is 21.0. The van der Waals surface area contributed by atoms with Crippen molar-refractivity contribution in [2.24, 2.45) is 28.6 Å². The Hall–Kier alpha value is -3.21. The van der Waals surface area contributed by atoms with Crippen LogP contribution >= 0.6 is 12.6 Å². The number of aliphatic hydroxyl groups excluding tert-OH is 1. The molecular weight excluding hydrogens is 583 g/mol. The normalized spacial score (nSPS) is 33.9. The molecule has 0 aliphatic heterocycles. The van der Waals surface area contributed by atoms with Crippen LogP contribution in [0.25, 0.3) is 11.8 Å². The molecule has 0 amide bonds. The minimum atomic E-state index is -1.45. The molecule has 232 valence electrons. The van der Waals surface area contributed by atoms with Gasteiger partial charge in [0.15, 0.2) is 5.60 Å². The van der Waals surface area contributed by atoms with Crippen molar-refractivity contribution in [2.75, 3.05) is 7.11 Å². The average Bonchev–Trinajstić information content (AvgIpc) is 3.71. The first kappa shape index (κ1) is 29.5. The SMILES string of the molecule is COCc1cc(-n2ncc3c2C=C2CC[C@@H]4[C@H]([C@@H](O)C[C@@]5(C)[C@H]4CC[C@]5(OC(=O)c4ccco4)C(=O)S)[C@@]2(C)C3)ccc1F. The highest BCUT2D eigenvalue weighted by molar-refractivity contribution is 7.96. The molecular formula is C34H37FN2O6S. The van der Waals surface area contributed by atoms with Gasteiger partial charge in [-0.15, -0.1) is 12.6 Å². The van der Waals surface area contributed by atoms with E-state index in [0.717, 1.165) is 29.8 Å². The number of hydrogen-bond donors (Lipinski definition) is 2. The number of nitrogens with zero attached hydrogens (tertiary/aromatic N) is 2. The fourth-order valence-corrected chi connectivity index (χ4v) is 9.92. The van der Waals surface area contributed by atoms with Crippen molar-refractivity contribution in [2.45, 2.75) is 70.7 Å². The minimum Gasteiger partial charge on any atom is -0.457 e. The van der Waals surface area contributed by atoms with Crippen LogP contribution in [0.3, 0.4) is 0 Å². The molecule has 3 saturated carbocycles. The standard InChI is InChI=1S/C34H37FN2O6S/c1-32-15-20-17-36-37(22-7-9-25(35)19(13-22)18-41-3)26(20)14-21(32)6-8-23-24-10-11-34(31(40)44,33(24,2)16-27(38)29(23)32)43-30(39)28-5-4-12-42-28/h4-5,7,9,12-14,17,23-24,27,29,38H,6,8,10-11,15-16,18H2,1-3H3,(H,40,44)/t23-,24-,27-,29+,32-,33-,34-/m0/s1. The van der Waals surface area contributed by atoms with Gasteiger partial charge in [-0.2, -0.15) is 5.10 Å². The topological polar surface area (TPSA) is 104 Å². The maximum absolute atomic E-state index is 14.3. The highest BCUT2D eigenvalue weighted by Gasteiger charge is 2.70. The zero-order valence-electron chi connectivity index (χ0n) is 25.1. The summed E-state index contributed by atoms with van der Waals surface area (Å²) >= 11 is 4.27. The van der Waals surface area contributed by atoms with Gasteiger partial charge in [0, 0.05) is 18.1 Å². The van der Waals surface area contributed by atoms with Gasteiger partial charge in [0.25, 0.3) is 0 Å². The van der Waals surface area contributed by atoms with Crippen LogP contribution in [-0.2, 0) is 27.3 Å². The molecule has 2 heterocycles. The lowest BCUT2D eigenvalue weighted by Gasteiger charge is -2.60. The summed E-state index contributed by atoms with van der Waals surface area (Å²) in [6.07, 6.45) is 8.56. The predicted octanol–water partition coefficient (Wildman–Crippen LogP) is 5.96. The molecule has 3 fully saturated rings. The Morgan fingerprint density at radius 2 is 2.07 bits per heavy atom. The number of hydrogen-bond acceptors (Lipinski definition) is 7. The summed E-state index contributed by atoms with van der Waals surface area (Å²) in [6.45, 7) is 4.41. The van der Waals surface area contributed by atoms with E-state index in [1.165, 1.54) is 24.0 Å². The number of aromatic nitrogens is 2. The third-order valence-electron chi connectivity index (χ3n) is 11.5. The Balaban J connectivity index is 1.21. The third kappa shape index (κ3) is 4.13. The monoisotopic (exact) mass is 620 g/mol. The van der Waals surface area contributed by atoms with E-state index in [1.807, 2.05) is 17.8 Å². The number of fused-ring (bicyclic) bond motifs is 6. The molecule has 4 aliphatic rings. The highest BCUT2D eigenvalue weighted by atomic mass is 32.1. The van der Waals surface area contributed by atoms with E-state index in [9.17, 15) is 19.1 Å². The molecule has 4 aliphatic carbocycles. The molecule has 7 rings (SSSR count). The minimum absolute atomic E-state index is 0.0364. The van der Waals surface area contributed by atoms with Crippen LogP contribution in [0, 0.1) is 34.4 Å². The van der Waals surface area contributed by atoms with E-state index in [-0.39, 0.29) is 41.4 Å². The quantitative estimate of drug-likeness (QED) is 0.259. The van der Waals surface area contributed by atoms with Gasteiger partial charge in [0.2, 0.25) is 10.9 Å². The number of furan rings is 1. The lowest BCUT2D eigenvalue weighted by Crippen LogP contribution is -2.62. The number of ether oxygens (including phenoxy) is 2. The van der Waals surface area contributed by atoms with Gasteiger partial charge in [-0.25, -0.2) is 13.9 Å². The summed E-state index contributed by atoms with van der Waals surface area (Å²) < 4.78 is 32.7. The van der Waals surface area contributed by atoms with Crippen LogP contribution in [0.2, 0.25) is 0 Å². The number of benzene rings is 1. The van der Waals surface area contributed by atoms with Gasteiger partial charge < -0.3 is 19.0 Å². The van der Waals surface area contributed by atoms with Gasteiger partial charge in [-0.3, -0.25) is 4.79 Å². The van der Waals surface area contributed by atoms with Gasteiger partial charge in [-0.05, 0) is 104 Å². The largest absolute Gasteiger partial charge is 0.457 e. The lowest BCUT2D eigenvalue weighted by atomic mass is 9.45. The number of carbonyl (C=O) groups excluding carboxylic acids is 2. The van der Waals surface area contributed by atoms with E-state index >= 15 is 0 Å². The maximum Gasteiger partial charge on any atom is 0.375 e. The molecule has 0 spiro atoms. The van der Waals surface area contributed by atoms with Crippen LogP contribution < -0.4 is 0 Å². The summed E-state index contributed by atoms with van der Waals surface area (Å²) in [7, 11) is 1.54. The summed E-state index contributed by atoms with van der Waals surface area (Å²) in [5.74, 6) is -0.808. The number of allylic oxidation sites excluding steroid dienone is 1. The van der Waals surface area contributed by atoms with Crippen LogP contribution in [0.5, 0.6) is 0 Å². The smallest absolute Gasteiger partial charge is 0.375 e. The molecule has 7 atom stereocenters. The van der Waals surface area contributed by atoms with Crippen LogP contribution in [0.4, 0.5) is 4.39 Å². The third-order valence-corrected chi connectivity index (χ3v) is 11.8. The Morgan fingerprint density at radius 1 is 1.25 bits per heavy atom. The molecule has 0 unspecified atom stereocenters.